The number of rotatable bonds is 5. The minimum atomic E-state index is -0.555. The number of carbonyl (C=O) groups is 1. The first-order valence-corrected chi connectivity index (χ1v) is 8.76. The van der Waals surface area contributed by atoms with Crippen LogP contribution in [0, 0.1) is 13.8 Å². The molecule has 3 heterocycles. The van der Waals surface area contributed by atoms with Crippen molar-refractivity contribution in [1.29, 1.82) is 0 Å². The molecule has 134 valence electrons. The number of anilines is 1. The van der Waals surface area contributed by atoms with Gasteiger partial charge in [0.05, 0.1) is 16.3 Å². The molecule has 0 fully saturated rings. The summed E-state index contributed by atoms with van der Waals surface area (Å²) >= 11 is 1.35. The third-order valence-electron chi connectivity index (χ3n) is 3.80. The lowest BCUT2D eigenvalue weighted by Gasteiger charge is -2.04. The Balaban J connectivity index is 1.68. The lowest BCUT2D eigenvalue weighted by Crippen LogP contribution is -2.27. The first-order chi connectivity index (χ1) is 12.4. The van der Waals surface area contributed by atoms with E-state index < -0.39 is 11.2 Å². The third kappa shape index (κ3) is 3.94. The number of pyridine rings is 1. The number of carbonyl (C=O) groups excluding carboxylic acids is 1. The highest BCUT2D eigenvalue weighted by molar-refractivity contribution is 7.19. The SMILES string of the molecule is Cc1nc(NC(=O)CCc2c(C)[nH]c(=O)[nH]c2=O)sc1-c1ccccn1. The van der Waals surface area contributed by atoms with Crippen molar-refractivity contribution < 1.29 is 4.79 Å². The van der Waals surface area contributed by atoms with Crippen molar-refractivity contribution in [1.82, 2.24) is 19.9 Å². The molecule has 0 unspecified atom stereocenters. The molecule has 0 aliphatic rings. The predicted molar refractivity (Wildman–Crippen MR) is 99.5 cm³/mol. The fraction of sp³-hybridized carbons (Fsp3) is 0.235. The van der Waals surface area contributed by atoms with Gasteiger partial charge >= 0.3 is 5.69 Å². The van der Waals surface area contributed by atoms with E-state index in [9.17, 15) is 14.4 Å². The Hall–Kier alpha value is -3.07. The zero-order valence-corrected chi connectivity index (χ0v) is 15.1. The number of amides is 1. The van der Waals surface area contributed by atoms with Crippen molar-refractivity contribution in [3.8, 4) is 10.6 Å². The summed E-state index contributed by atoms with van der Waals surface area (Å²) in [5, 5.41) is 3.24. The maximum absolute atomic E-state index is 12.2. The van der Waals surface area contributed by atoms with Gasteiger partial charge in [0.15, 0.2) is 5.13 Å². The number of hydrogen-bond donors (Lipinski definition) is 3. The zero-order valence-electron chi connectivity index (χ0n) is 14.3. The molecule has 0 saturated carbocycles. The molecular weight excluding hydrogens is 354 g/mol. The number of aromatic amines is 2. The Bertz CT molecular complexity index is 1050. The molecule has 0 radical (unpaired) electrons. The first kappa shape index (κ1) is 17.7. The Kier molecular flexibility index (Phi) is 5.08. The number of H-pyrrole nitrogens is 2. The van der Waals surface area contributed by atoms with Crippen molar-refractivity contribution in [2.45, 2.75) is 26.7 Å². The third-order valence-corrected chi connectivity index (χ3v) is 4.89. The molecule has 0 aliphatic carbocycles. The minimum Gasteiger partial charge on any atom is -0.311 e. The van der Waals surface area contributed by atoms with E-state index in [-0.39, 0.29) is 18.7 Å². The van der Waals surface area contributed by atoms with Crippen LogP contribution in [0.25, 0.3) is 10.6 Å². The van der Waals surface area contributed by atoms with Gasteiger partial charge in [0, 0.05) is 23.9 Å². The van der Waals surface area contributed by atoms with Crippen LogP contribution in [0.2, 0.25) is 0 Å². The predicted octanol–water partition coefficient (Wildman–Crippen LogP) is 1.77. The second kappa shape index (κ2) is 7.44. The second-order valence-corrected chi connectivity index (χ2v) is 6.71. The maximum Gasteiger partial charge on any atom is 0.325 e. The van der Waals surface area contributed by atoms with Gasteiger partial charge in [-0.1, -0.05) is 17.4 Å². The summed E-state index contributed by atoms with van der Waals surface area (Å²) in [6, 6.07) is 5.62. The van der Waals surface area contributed by atoms with Crippen LogP contribution in [0.4, 0.5) is 5.13 Å². The Morgan fingerprint density at radius 3 is 2.73 bits per heavy atom. The molecule has 26 heavy (non-hydrogen) atoms. The Labute approximate surface area is 152 Å². The van der Waals surface area contributed by atoms with Crippen molar-refractivity contribution in [3.05, 3.63) is 62.2 Å². The van der Waals surface area contributed by atoms with Gasteiger partial charge in [-0.3, -0.25) is 19.6 Å². The summed E-state index contributed by atoms with van der Waals surface area (Å²) in [5.41, 5.74) is 1.43. The first-order valence-electron chi connectivity index (χ1n) is 7.95. The van der Waals surface area contributed by atoms with E-state index >= 15 is 0 Å². The fourth-order valence-electron chi connectivity index (χ4n) is 2.53. The van der Waals surface area contributed by atoms with Gasteiger partial charge in [-0.25, -0.2) is 9.78 Å². The van der Waals surface area contributed by atoms with Crippen LogP contribution in [0.1, 0.15) is 23.4 Å². The smallest absolute Gasteiger partial charge is 0.311 e. The Morgan fingerprint density at radius 1 is 1.23 bits per heavy atom. The largest absolute Gasteiger partial charge is 0.325 e. The molecule has 0 spiro atoms. The van der Waals surface area contributed by atoms with E-state index in [1.165, 1.54) is 11.3 Å². The highest BCUT2D eigenvalue weighted by atomic mass is 32.1. The summed E-state index contributed by atoms with van der Waals surface area (Å²) < 4.78 is 0. The van der Waals surface area contributed by atoms with E-state index in [0.29, 0.717) is 16.4 Å². The standard InChI is InChI=1S/C17H17N5O3S/c1-9-11(15(24)22-16(25)19-9)6-7-13(23)21-17-20-10(2)14(26-17)12-5-3-4-8-18-12/h3-5,8H,6-7H2,1-2H3,(H,20,21,23)(H2,19,22,24,25). The van der Waals surface area contributed by atoms with Crippen molar-refractivity contribution in [2.75, 3.05) is 5.32 Å². The van der Waals surface area contributed by atoms with Gasteiger partial charge in [0.1, 0.15) is 0 Å². The van der Waals surface area contributed by atoms with Crippen LogP contribution in [0.3, 0.4) is 0 Å². The molecule has 3 N–H and O–H groups in total. The van der Waals surface area contributed by atoms with Gasteiger partial charge in [-0.15, -0.1) is 0 Å². The van der Waals surface area contributed by atoms with E-state index in [0.717, 1.165) is 16.3 Å². The van der Waals surface area contributed by atoms with Gasteiger partial charge in [0.2, 0.25) is 5.91 Å². The number of aryl methyl sites for hydroxylation is 2. The summed E-state index contributed by atoms with van der Waals surface area (Å²) in [4.78, 5) is 49.4. The van der Waals surface area contributed by atoms with Crippen LogP contribution in [0.15, 0.2) is 34.0 Å². The molecule has 0 aromatic carbocycles. The van der Waals surface area contributed by atoms with Gasteiger partial charge in [-0.05, 0) is 32.4 Å². The van der Waals surface area contributed by atoms with Crippen LogP contribution in [0.5, 0.6) is 0 Å². The van der Waals surface area contributed by atoms with Crippen molar-refractivity contribution in [3.63, 3.8) is 0 Å². The minimum absolute atomic E-state index is 0.105. The molecule has 3 aromatic heterocycles. The molecule has 0 bridgehead atoms. The Morgan fingerprint density at radius 2 is 2.04 bits per heavy atom. The van der Waals surface area contributed by atoms with Crippen LogP contribution in [-0.4, -0.2) is 25.8 Å². The summed E-state index contributed by atoms with van der Waals surface area (Å²) in [6.07, 6.45) is 2.03. The van der Waals surface area contributed by atoms with E-state index in [4.69, 9.17) is 0 Å². The van der Waals surface area contributed by atoms with Crippen LogP contribution < -0.4 is 16.6 Å². The van der Waals surface area contributed by atoms with E-state index in [1.54, 1.807) is 13.1 Å². The summed E-state index contributed by atoms with van der Waals surface area (Å²) in [7, 11) is 0. The van der Waals surface area contributed by atoms with Gasteiger partial charge < -0.3 is 10.3 Å². The summed E-state index contributed by atoms with van der Waals surface area (Å²) in [5.74, 6) is -0.253. The quantitative estimate of drug-likeness (QED) is 0.631. The molecule has 1 amide bonds. The fourth-order valence-corrected chi connectivity index (χ4v) is 3.49. The average Bonchev–Trinajstić information content (AvgIpc) is 2.95. The van der Waals surface area contributed by atoms with Crippen LogP contribution >= 0.6 is 11.3 Å². The normalized spacial score (nSPS) is 10.7. The number of nitrogens with one attached hydrogen (secondary N) is 3. The van der Waals surface area contributed by atoms with E-state index in [2.05, 4.69) is 25.3 Å². The van der Waals surface area contributed by atoms with Crippen molar-refractivity contribution >= 4 is 22.4 Å². The number of nitrogens with zero attached hydrogens (tertiary/aromatic N) is 2. The molecule has 9 heteroatoms. The molecule has 0 atom stereocenters. The van der Waals surface area contributed by atoms with E-state index in [1.807, 2.05) is 25.1 Å². The monoisotopic (exact) mass is 371 g/mol. The molecule has 0 saturated heterocycles. The molecular formula is C17H17N5O3S. The topological polar surface area (TPSA) is 121 Å². The highest BCUT2D eigenvalue weighted by Gasteiger charge is 2.14. The molecule has 8 nitrogen and oxygen atoms in total. The number of aromatic nitrogens is 4. The highest BCUT2D eigenvalue weighted by Crippen LogP contribution is 2.31. The van der Waals surface area contributed by atoms with Crippen LogP contribution in [-0.2, 0) is 11.2 Å². The summed E-state index contributed by atoms with van der Waals surface area (Å²) in [6.45, 7) is 3.49. The number of hydrogen-bond acceptors (Lipinski definition) is 6. The van der Waals surface area contributed by atoms with Gasteiger partial charge in [-0.2, -0.15) is 0 Å². The average molecular weight is 371 g/mol. The second-order valence-electron chi connectivity index (χ2n) is 5.71. The zero-order chi connectivity index (χ0) is 18.7. The number of thiazole rings is 1. The molecule has 3 aromatic rings. The van der Waals surface area contributed by atoms with Gasteiger partial charge in [0.25, 0.3) is 5.56 Å². The molecule has 0 aliphatic heterocycles. The maximum atomic E-state index is 12.2. The van der Waals surface area contributed by atoms with Crippen molar-refractivity contribution in [2.24, 2.45) is 0 Å². The lowest BCUT2D eigenvalue weighted by molar-refractivity contribution is -0.116. The molecule has 3 rings (SSSR count). The lowest BCUT2D eigenvalue weighted by atomic mass is 10.1.